The second-order valence-corrected chi connectivity index (χ2v) is 20.8. The monoisotopic (exact) mass is 1100 g/mol. The van der Waals surface area contributed by atoms with Crippen molar-refractivity contribution in [2.24, 2.45) is 23.7 Å². The molecule has 0 spiro atoms. The predicted octanol–water partition coefficient (Wildman–Crippen LogP) is 6.26. The Morgan fingerprint density at radius 3 is 2.43 bits per heavy atom. The molecule has 2 fully saturated rings. The van der Waals surface area contributed by atoms with Crippen LogP contribution in [0.5, 0.6) is 0 Å². The molecule has 5 heterocycles. The first-order chi connectivity index (χ1) is 37.5. The summed E-state index contributed by atoms with van der Waals surface area (Å²) in [4.78, 5) is 113. The second-order valence-electron chi connectivity index (χ2n) is 20.8. The lowest BCUT2D eigenvalue weighted by atomic mass is 9.94. The number of nitrogens with one attached hydrogen (secondary N) is 2. The zero-order valence-corrected chi connectivity index (χ0v) is 47.1. The fourth-order valence-corrected chi connectivity index (χ4v) is 9.35. The molecule has 5 rings (SSSR count). The lowest BCUT2D eigenvalue weighted by Crippen LogP contribution is -2.44. The van der Waals surface area contributed by atoms with Gasteiger partial charge < -0.3 is 49.0 Å². The summed E-state index contributed by atoms with van der Waals surface area (Å²) in [5, 5.41) is 25.8. The Kier molecular flexibility index (Phi) is 25.9. The van der Waals surface area contributed by atoms with E-state index in [0.29, 0.717) is 45.3 Å². The third kappa shape index (κ3) is 20.8. The highest BCUT2D eigenvalue weighted by Gasteiger charge is 2.40. The standard InChI is InChI=1S/C31H43N3O7.C28H37N3O7/c1-7-10-21(5)16-23(35)17-24(36)18-28-33-25(19-40-28)30(38)34-15-9-11-26(34)31(39)41-29(20(3)4)22(6)12-13-27(37)32-14-8-2;1-17(2)26-19(4)9-10-24(34)29-11-5-7-18(3)13-20(32)14-21(33)15-25-30-22(16-37-25)27(35)31-12-6-8-23(31)28(36)38-26/h7-8,10,12-13,16,19-20,22-23,26,29,35H,2,9,11,14-15,17-18H2,1,3-6H3,(H,32,37);5,7,9-10,13,16-17,19-20,23,26,32H,6,8,11-12,14-15H2,1-4H3,(H,29,34)/b10-7-,13-12+,21-16+;7-5+,10-9+,18-13+/t22-,23-,26-,29-;19-,20-,23-,26-/m11/s1. The Balaban J connectivity index is 0.000000341. The predicted molar refractivity (Wildman–Crippen MR) is 294 cm³/mol. The number of esters is 2. The second kappa shape index (κ2) is 31.9. The van der Waals surface area contributed by atoms with Gasteiger partial charge in [-0.2, -0.15) is 0 Å². The fraction of sp³-hybridized carbons (Fsp3) is 0.525. The van der Waals surface area contributed by atoms with Gasteiger partial charge in [0.15, 0.2) is 11.4 Å². The molecule has 20 nitrogen and oxygen atoms in total. The van der Waals surface area contributed by atoms with Crippen molar-refractivity contribution in [3.8, 4) is 0 Å². The minimum atomic E-state index is -1.01. The van der Waals surface area contributed by atoms with Gasteiger partial charge in [-0.1, -0.05) is 107 Å². The molecular weight excluding hydrogens is 1020 g/mol. The van der Waals surface area contributed by atoms with E-state index in [2.05, 4.69) is 27.2 Å². The number of ether oxygens (including phenoxy) is 2. The van der Waals surface area contributed by atoms with Gasteiger partial charge in [0.05, 0.1) is 25.0 Å². The number of fused-ring (bicyclic) bond motifs is 3. The molecule has 8 atom stereocenters. The number of cyclic esters (lactones) is 1. The van der Waals surface area contributed by atoms with E-state index in [9.17, 15) is 48.6 Å². The summed E-state index contributed by atoms with van der Waals surface area (Å²) < 4.78 is 22.5. The van der Waals surface area contributed by atoms with Crippen LogP contribution >= 0.6 is 0 Å². The van der Waals surface area contributed by atoms with Crippen LogP contribution in [0.4, 0.5) is 0 Å². The number of aliphatic hydroxyl groups is 2. The lowest BCUT2D eigenvalue weighted by Gasteiger charge is -2.29. The first-order valence-electron chi connectivity index (χ1n) is 27.0. The van der Waals surface area contributed by atoms with Crippen LogP contribution < -0.4 is 10.6 Å². The molecule has 20 heteroatoms. The Bertz CT molecular complexity index is 2640. The maximum atomic E-state index is 13.2. The highest BCUT2D eigenvalue weighted by atomic mass is 16.6. The largest absolute Gasteiger partial charge is 0.460 e. The molecule has 2 aromatic rings. The van der Waals surface area contributed by atoms with E-state index >= 15 is 0 Å². The number of aromatic nitrogens is 2. The van der Waals surface area contributed by atoms with Gasteiger partial charge in [0, 0.05) is 50.9 Å². The molecule has 3 aliphatic rings. The normalized spacial score (nSPS) is 23.7. The summed E-state index contributed by atoms with van der Waals surface area (Å²) in [6, 6.07) is -1.54. The third-order valence-corrected chi connectivity index (χ3v) is 13.2. The number of nitrogens with zero attached hydrogens (tertiary/aromatic N) is 4. The van der Waals surface area contributed by atoms with Crippen molar-refractivity contribution >= 4 is 47.1 Å². The summed E-state index contributed by atoms with van der Waals surface area (Å²) in [6.45, 7) is 21.8. The summed E-state index contributed by atoms with van der Waals surface area (Å²) in [7, 11) is 0. The maximum Gasteiger partial charge on any atom is 0.329 e. The molecular formula is C59H80N6O14. The first-order valence-corrected chi connectivity index (χ1v) is 27.0. The summed E-state index contributed by atoms with van der Waals surface area (Å²) in [5.41, 5.74) is 1.58. The highest BCUT2D eigenvalue weighted by molar-refractivity contribution is 5.96. The fourth-order valence-electron chi connectivity index (χ4n) is 9.35. The molecule has 79 heavy (non-hydrogen) atoms. The van der Waals surface area contributed by atoms with Gasteiger partial charge >= 0.3 is 11.9 Å². The average molecular weight is 1100 g/mol. The van der Waals surface area contributed by atoms with Crippen LogP contribution in [0.25, 0.3) is 0 Å². The van der Waals surface area contributed by atoms with Gasteiger partial charge in [0.2, 0.25) is 23.6 Å². The minimum absolute atomic E-state index is 0.000816. The third-order valence-electron chi connectivity index (χ3n) is 13.2. The van der Waals surface area contributed by atoms with E-state index in [4.69, 9.17) is 18.3 Å². The van der Waals surface area contributed by atoms with Crippen LogP contribution in [0.2, 0.25) is 0 Å². The number of rotatable bonds is 16. The van der Waals surface area contributed by atoms with Crippen LogP contribution in [0.3, 0.4) is 0 Å². The van der Waals surface area contributed by atoms with E-state index in [0.717, 1.165) is 11.1 Å². The summed E-state index contributed by atoms with van der Waals surface area (Å²) >= 11 is 0. The molecule has 4 amide bonds. The molecule has 0 unspecified atom stereocenters. The lowest BCUT2D eigenvalue weighted by molar-refractivity contribution is -0.158. The minimum Gasteiger partial charge on any atom is -0.460 e. The number of ketones is 2. The Morgan fingerprint density at radius 1 is 1.00 bits per heavy atom. The molecule has 0 radical (unpaired) electrons. The number of oxazole rings is 2. The van der Waals surface area contributed by atoms with E-state index < -0.39 is 60.3 Å². The molecule has 2 aromatic heterocycles. The number of hydrogen-bond donors (Lipinski definition) is 4. The van der Waals surface area contributed by atoms with Crippen LogP contribution in [-0.4, -0.2) is 140 Å². The topological polar surface area (TPSA) is 278 Å². The molecule has 0 aromatic carbocycles. The van der Waals surface area contributed by atoms with Gasteiger partial charge in [-0.3, -0.25) is 28.8 Å². The average Bonchev–Trinajstić information content (AvgIpc) is 4.26. The zero-order valence-electron chi connectivity index (χ0n) is 47.1. The molecule has 2 saturated heterocycles. The van der Waals surface area contributed by atoms with E-state index in [-0.39, 0.29) is 102 Å². The number of likely N-dealkylation sites (tertiary alicyclic amines) is 1. The van der Waals surface area contributed by atoms with Gasteiger partial charge in [-0.25, -0.2) is 19.6 Å². The SMILES string of the molecule is C=CCNC(=O)/C=C/[C@@H](C)[C@H](OC(=O)[C@H]1CCCN1C(=O)c1coc(CC(=O)C[C@H](O)/C=C(C)/C=C\C)n1)C(C)C.CC1=C\[C@@H](O)CC(=O)Cc2nc(co2)C(=O)N2CCC[C@@H]2C(=O)O[C@H](C(C)C)[C@H](C)/C=C/C(=O)NC\C=C\1. The number of allylic oxidation sites excluding steroid dienone is 5. The molecule has 0 saturated carbocycles. The quantitative estimate of drug-likeness (QED) is 0.0625. The van der Waals surface area contributed by atoms with Crippen molar-refractivity contribution in [3.05, 3.63) is 120 Å². The Hall–Kier alpha value is -7.32. The number of hydrogen-bond acceptors (Lipinski definition) is 16. The van der Waals surface area contributed by atoms with Crippen molar-refractivity contribution in [2.45, 2.75) is 150 Å². The molecule has 4 N–H and O–H groups in total. The highest BCUT2D eigenvalue weighted by Crippen LogP contribution is 2.27. The van der Waals surface area contributed by atoms with Crippen molar-refractivity contribution in [2.75, 3.05) is 26.2 Å². The van der Waals surface area contributed by atoms with Gasteiger partial charge in [0.1, 0.15) is 48.4 Å². The van der Waals surface area contributed by atoms with Crippen LogP contribution in [0, 0.1) is 23.7 Å². The Labute approximate surface area is 463 Å². The van der Waals surface area contributed by atoms with Crippen molar-refractivity contribution < 1.29 is 66.9 Å². The molecule has 0 aliphatic carbocycles. The van der Waals surface area contributed by atoms with Crippen molar-refractivity contribution in [1.82, 2.24) is 30.4 Å². The van der Waals surface area contributed by atoms with E-state index in [1.807, 2.05) is 67.5 Å². The van der Waals surface area contributed by atoms with Crippen LogP contribution in [0.15, 0.2) is 106 Å². The number of aliphatic hydroxyl groups excluding tert-OH is 2. The van der Waals surface area contributed by atoms with E-state index in [1.54, 1.807) is 49.5 Å². The summed E-state index contributed by atoms with van der Waals surface area (Å²) in [6.07, 6.45) is 19.1. The number of amides is 4. The van der Waals surface area contributed by atoms with Gasteiger partial charge in [-0.05, 0) is 70.4 Å². The molecule has 3 aliphatic heterocycles. The summed E-state index contributed by atoms with van der Waals surface area (Å²) in [5.74, 6) is -3.51. The van der Waals surface area contributed by atoms with Crippen LogP contribution in [-0.2, 0) is 51.1 Å². The molecule has 2 bridgehead atoms. The number of Topliss-reactive ketones (excluding diaryl/α,β-unsaturated/α-hetero) is 2. The van der Waals surface area contributed by atoms with Crippen molar-refractivity contribution in [3.63, 3.8) is 0 Å². The molecule has 430 valence electrons. The number of carbonyl (C=O) groups is 8. The smallest absolute Gasteiger partial charge is 0.329 e. The van der Waals surface area contributed by atoms with Gasteiger partial charge in [-0.15, -0.1) is 6.58 Å². The van der Waals surface area contributed by atoms with E-state index in [1.165, 1.54) is 34.5 Å². The van der Waals surface area contributed by atoms with Crippen LogP contribution in [0.1, 0.15) is 134 Å². The maximum absolute atomic E-state index is 13.2. The number of carbonyl (C=O) groups excluding carboxylic acids is 8. The Morgan fingerprint density at radius 2 is 1.73 bits per heavy atom. The van der Waals surface area contributed by atoms with Crippen molar-refractivity contribution in [1.29, 1.82) is 0 Å². The van der Waals surface area contributed by atoms with Gasteiger partial charge in [0.25, 0.3) is 11.8 Å². The zero-order chi connectivity index (χ0) is 58.3. The first kappa shape index (κ1) is 64.2.